The van der Waals surface area contributed by atoms with Crippen LogP contribution < -0.4 is 5.73 Å². The molecule has 2 aromatic carbocycles. The lowest BCUT2D eigenvalue weighted by molar-refractivity contribution is -0.137. The van der Waals surface area contributed by atoms with Gasteiger partial charge in [0.2, 0.25) is 0 Å². The van der Waals surface area contributed by atoms with Gasteiger partial charge in [-0.15, -0.1) is 0 Å². The van der Waals surface area contributed by atoms with Gasteiger partial charge in [0.1, 0.15) is 0 Å². The first-order valence-corrected chi connectivity index (χ1v) is 6.71. The first-order chi connectivity index (χ1) is 10.6. The summed E-state index contributed by atoms with van der Waals surface area (Å²) < 4.78 is 77.9. The van der Waals surface area contributed by atoms with Gasteiger partial charge in [0.15, 0.2) is 0 Å². The fraction of sp³-hybridized carbons (Fsp3) is 0.250. The maximum absolute atomic E-state index is 13.2. The van der Waals surface area contributed by atoms with Crippen molar-refractivity contribution < 1.29 is 26.3 Å². The Kier molecular flexibility index (Phi) is 4.70. The second-order valence-corrected chi connectivity index (χ2v) is 4.99. The Morgan fingerprint density at radius 3 is 2.09 bits per heavy atom. The molecule has 0 saturated carbocycles. The maximum atomic E-state index is 13.2. The fourth-order valence-corrected chi connectivity index (χ4v) is 2.26. The van der Waals surface area contributed by atoms with Gasteiger partial charge in [-0.05, 0) is 47.9 Å². The Bertz CT molecular complexity index is 688. The van der Waals surface area contributed by atoms with Crippen molar-refractivity contribution in [2.45, 2.75) is 18.8 Å². The normalized spacial score (nSPS) is 12.5. The predicted octanol–water partition coefficient (Wildman–Crippen LogP) is 4.89. The minimum Gasteiger partial charge on any atom is -0.330 e. The minimum atomic E-state index is -4.67. The fourth-order valence-electron chi connectivity index (χ4n) is 2.26. The summed E-state index contributed by atoms with van der Waals surface area (Å²) in [5.74, 6) is 0. The molecule has 0 aliphatic heterocycles. The number of halogens is 6. The average Bonchev–Trinajstić information content (AvgIpc) is 2.46. The molecular formula is C16H13F6N. The number of hydrogen-bond acceptors (Lipinski definition) is 1. The lowest BCUT2D eigenvalue weighted by Crippen LogP contribution is -2.10. The van der Waals surface area contributed by atoms with Crippen molar-refractivity contribution >= 4 is 0 Å². The van der Waals surface area contributed by atoms with E-state index in [-0.39, 0.29) is 24.1 Å². The molecule has 2 N–H and O–H groups in total. The largest absolute Gasteiger partial charge is 0.417 e. The standard InChI is InChI=1S/C16H13F6N/c17-15(18,19)12-3-1-2-11(9-12)13-5-4-10(6-7-23)8-14(13)16(20,21)22/h1-5,8-9H,6-7,23H2. The Hall–Kier alpha value is -2.02. The first-order valence-electron chi connectivity index (χ1n) is 6.71. The third kappa shape index (κ3) is 4.04. The Labute approximate surface area is 128 Å². The van der Waals surface area contributed by atoms with Gasteiger partial charge in [-0.2, -0.15) is 26.3 Å². The van der Waals surface area contributed by atoms with Crippen LogP contribution in [0.1, 0.15) is 16.7 Å². The highest BCUT2D eigenvalue weighted by molar-refractivity contribution is 5.69. The molecule has 0 aromatic heterocycles. The van der Waals surface area contributed by atoms with E-state index in [4.69, 9.17) is 5.73 Å². The molecule has 0 saturated heterocycles. The molecule has 0 radical (unpaired) electrons. The molecule has 0 fully saturated rings. The van der Waals surface area contributed by atoms with Crippen LogP contribution in [0.3, 0.4) is 0 Å². The number of nitrogens with two attached hydrogens (primary N) is 1. The van der Waals surface area contributed by atoms with Crippen LogP contribution in [0.25, 0.3) is 11.1 Å². The third-order valence-corrected chi connectivity index (χ3v) is 3.32. The molecule has 2 rings (SSSR count). The van der Waals surface area contributed by atoms with Crippen molar-refractivity contribution in [3.05, 3.63) is 59.2 Å². The van der Waals surface area contributed by atoms with Crippen LogP contribution in [0.15, 0.2) is 42.5 Å². The Morgan fingerprint density at radius 1 is 0.826 bits per heavy atom. The van der Waals surface area contributed by atoms with E-state index in [0.29, 0.717) is 11.6 Å². The van der Waals surface area contributed by atoms with Gasteiger partial charge in [-0.3, -0.25) is 0 Å². The topological polar surface area (TPSA) is 26.0 Å². The number of alkyl halides is 6. The van der Waals surface area contributed by atoms with Gasteiger partial charge in [0.25, 0.3) is 0 Å². The van der Waals surface area contributed by atoms with E-state index in [1.165, 1.54) is 18.2 Å². The summed E-state index contributed by atoms with van der Waals surface area (Å²) in [7, 11) is 0. The maximum Gasteiger partial charge on any atom is 0.417 e. The van der Waals surface area contributed by atoms with Crippen molar-refractivity contribution in [2.24, 2.45) is 5.73 Å². The molecule has 2 aromatic rings. The van der Waals surface area contributed by atoms with Gasteiger partial charge < -0.3 is 5.73 Å². The SMILES string of the molecule is NCCc1ccc(-c2cccc(C(F)(F)F)c2)c(C(F)(F)F)c1. The summed E-state index contributed by atoms with van der Waals surface area (Å²) in [6.45, 7) is 0.181. The van der Waals surface area contributed by atoms with Crippen LogP contribution in [0, 0.1) is 0 Å². The van der Waals surface area contributed by atoms with Crippen LogP contribution in [-0.4, -0.2) is 6.54 Å². The van der Waals surface area contributed by atoms with E-state index >= 15 is 0 Å². The number of rotatable bonds is 3. The van der Waals surface area contributed by atoms with Crippen LogP contribution >= 0.6 is 0 Å². The van der Waals surface area contributed by atoms with Crippen molar-refractivity contribution in [2.75, 3.05) is 6.54 Å². The molecule has 0 heterocycles. The molecule has 0 aliphatic carbocycles. The second kappa shape index (κ2) is 6.23. The monoisotopic (exact) mass is 333 g/mol. The van der Waals surface area contributed by atoms with Gasteiger partial charge in [-0.1, -0.05) is 24.3 Å². The van der Waals surface area contributed by atoms with Crippen LogP contribution in [0.2, 0.25) is 0 Å². The summed E-state index contributed by atoms with van der Waals surface area (Å²) in [6, 6.07) is 7.41. The molecule has 0 atom stereocenters. The van der Waals surface area contributed by atoms with E-state index in [2.05, 4.69) is 0 Å². The van der Waals surface area contributed by atoms with Crippen LogP contribution in [-0.2, 0) is 18.8 Å². The smallest absolute Gasteiger partial charge is 0.330 e. The number of benzene rings is 2. The van der Waals surface area contributed by atoms with Crippen LogP contribution in [0.5, 0.6) is 0 Å². The summed E-state index contributed by atoms with van der Waals surface area (Å²) >= 11 is 0. The Balaban J connectivity index is 2.59. The first kappa shape index (κ1) is 17.3. The molecular weight excluding hydrogens is 320 g/mol. The lowest BCUT2D eigenvalue weighted by atomic mass is 9.95. The molecule has 23 heavy (non-hydrogen) atoms. The molecule has 0 aliphatic rings. The highest BCUT2D eigenvalue weighted by atomic mass is 19.4. The third-order valence-electron chi connectivity index (χ3n) is 3.32. The highest BCUT2D eigenvalue weighted by Gasteiger charge is 2.35. The van der Waals surface area contributed by atoms with Crippen molar-refractivity contribution in [3.8, 4) is 11.1 Å². The van der Waals surface area contributed by atoms with Crippen LogP contribution in [0.4, 0.5) is 26.3 Å². The van der Waals surface area contributed by atoms with Crippen molar-refractivity contribution in [3.63, 3.8) is 0 Å². The molecule has 0 unspecified atom stereocenters. The molecule has 7 heteroatoms. The van der Waals surface area contributed by atoms with Gasteiger partial charge in [-0.25, -0.2) is 0 Å². The lowest BCUT2D eigenvalue weighted by Gasteiger charge is -2.16. The zero-order valence-corrected chi connectivity index (χ0v) is 11.8. The molecule has 124 valence electrons. The zero-order chi connectivity index (χ0) is 17.3. The van der Waals surface area contributed by atoms with Gasteiger partial charge in [0.05, 0.1) is 11.1 Å². The van der Waals surface area contributed by atoms with E-state index in [0.717, 1.165) is 18.2 Å². The molecule has 0 spiro atoms. The zero-order valence-electron chi connectivity index (χ0n) is 11.8. The number of hydrogen-bond donors (Lipinski definition) is 1. The second-order valence-electron chi connectivity index (χ2n) is 4.99. The summed E-state index contributed by atoms with van der Waals surface area (Å²) in [4.78, 5) is 0. The molecule has 1 nitrogen and oxygen atoms in total. The quantitative estimate of drug-likeness (QED) is 0.795. The average molecular weight is 333 g/mol. The Morgan fingerprint density at radius 2 is 1.52 bits per heavy atom. The predicted molar refractivity (Wildman–Crippen MR) is 74.6 cm³/mol. The van der Waals surface area contributed by atoms with E-state index in [1.54, 1.807) is 0 Å². The summed E-state index contributed by atoms with van der Waals surface area (Å²) in [5, 5.41) is 0. The molecule has 0 amide bonds. The van der Waals surface area contributed by atoms with Gasteiger partial charge >= 0.3 is 12.4 Å². The van der Waals surface area contributed by atoms with E-state index in [9.17, 15) is 26.3 Å². The highest BCUT2D eigenvalue weighted by Crippen LogP contribution is 2.39. The minimum absolute atomic E-state index is 0.133. The summed E-state index contributed by atoms with van der Waals surface area (Å²) in [5.41, 5.74) is 3.33. The van der Waals surface area contributed by atoms with Crippen molar-refractivity contribution in [1.29, 1.82) is 0 Å². The summed E-state index contributed by atoms with van der Waals surface area (Å²) in [6.07, 6.45) is -9.03. The van der Waals surface area contributed by atoms with Gasteiger partial charge in [0, 0.05) is 0 Å². The van der Waals surface area contributed by atoms with E-state index < -0.39 is 23.5 Å². The van der Waals surface area contributed by atoms with Crippen molar-refractivity contribution in [1.82, 2.24) is 0 Å². The van der Waals surface area contributed by atoms with E-state index in [1.807, 2.05) is 0 Å². The molecule has 0 bridgehead atoms.